The summed E-state index contributed by atoms with van der Waals surface area (Å²) >= 11 is 0. The van der Waals surface area contributed by atoms with Crippen LogP contribution in [0.25, 0.3) is 0 Å². The smallest absolute Gasteiger partial charge is 0.306 e. The fourth-order valence-electron chi connectivity index (χ4n) is 3.49. The molecule has 0 saturated carbocycles. The monoisotopic (exact) mass is 335 g/mol. The van der Waals surface area contributed by atoms with Gasteiger partial charge in [0.15, 0.2) is 0 Å². The number of carboxylic acids is 1. The van der Waals surface area contributed by atoms with E-state index in [1.807, 2.05) is 12.1 Å². The fourth-order valence-corrected chi connectivity index (χ4v) is 3.49. The van der Waals surface area contributed by atoms with Crippen molar-refractivity contribution < 1.29 is 19.4 Å². The second-order valence-corrected chi connectivity index (χ2v) is 6.41. The van der Waals surface area contributed by atoms with Crippen LogP contribution in [0.4, 0.5) is 0 Å². The van der Waals surface area contributed by atoms with Crippen LogP contribution in [-0.2, 0) is 4.79 Å². The third kappa shape index (κ3) is 4.41. The lowest BCUT2D eigenvalue weighted by Gasteiger charge is -2.37. The van der Waals surface area contributed by atoms with Gasteiger partial charge in [-0.3, -0.25) is 9.69 Å². The van der Waals surface area contributed by atoms with E-state index in [0.29, 0.717) is 12.8 Å². The molecule has 1 aromatic carbocycles. The van der Waals surface area contributed by atoms with Crippen molar-refractivity contribution in [2.45, 2.75) is 45.1 Å². The normalized spacial score (nSPS) is 17.5. The van der Waals surface area contributed by atoms with Crippen molar-refractivity contribution in [3.05, 3.63) is 23.8 Å². The average Bonchev–Trinajstić information content (AvgIpc) is 2.62. The van der Waals surface area contributed by atoms with Crippen molar-refractivity contribution in [2.75, 3.05) is 27.3 Å². The number of methoxy groups -OCH3 is 2. The Morgan fingerprint density at radius 2 is 2.00 bits per heavy atom. The third-order valence-electron chi connectivity index (χ3n) is 4.95. The van der Waals surface area contributed by atoms with Gasteiger partial charge in [-0.15, -0.1) is 0 Å². The van der Waals surface area contributed by atoms with Crippen LogP contribution in [0.2, 0.25) is 0 Å². The van der Waals surface area contributed by atoms with E-state index in [0.717, 1.165) is 49.4 Å². The number of unbranched alkanes of at least 4 members (excludes halogenated alkanes) is 1. The van der Waals surface area contributed by atoms with Gasteiger partial charge < -0.3 is 14.6 Å². The van der Waals surface area contributed by atoms with Crippen LogP contribution in [0.15, 0.2) is 18.2 Å². The lowest BCUT2D eigenvalue weighted by atomic mass is 9.92. The average molecular weight is 335 g/mol. The van der Waals surface area contributed by atoms with Crippen molar-refractivity contribution in [1.82, 2.24) is 4.90 Å². The summed E-state index contributed by atoms with van der Waals surface area (Å²) in [7, 11) is 3.36. The SMILES string of the molecule is CCCCC(c1cc(OC)ccc1OC)N1CCC(C(=O)O)CC1. The van der Waals surface area contributed by atoms with E-state index in [-0.39, 0.29) is 12.0 Å². The molecule has 1 heterocycles. The lowest BCUT2D eigenvalue weighted by molar-refractivity contribution is -0.143. The minimum absolute atomic E-state index is 0.208. The second kappa shape index (κ2) is 8.92. The summed E-state index contributed by atoms with van der Waals surface area (Å²) in [4.78, 5) is 13.6. The number of carboxylic acid groups (broad SMARTS) is 1. The summed E-state index contributed by atoms with van der Waals surface area (Å²) in [5.74, 6) is 0.823. The molecule has 134 valence electrons. The van der Waals surface area contributed by atoms with Crippen molar-refractivity contribution in [2.24, 2.45) is 5.92 Å². The number of hydrogen-bond acceptors (Lipinski definition) is 4. The molecule has 5 nitrogen and oxygen atoms in total. The standard InChI is InChI=1S/C19H29NO4/c1-4-5-6-17(20-11-9-14(10-12-20)19(21)22)16-13-15(23-2)7-8-18(16)24-3/h7-8,13-14,17H,4-6,9-12H2,1-3H3,(H,21,22). The lowest BCUT2D eigenvalue weighted by Crippen LogP contribution is -2.39. The molecule has 1 aliphatic rings. The number of hydrogen-bond donors (Lipinski definition) is 1. The zero-order chi connectivity index (χ0) is 17.5. The summed E-state index contributed by atoms with van der Waals surface area (Å²) in [6, 6.07) is 6.17. The molecule has 0 aromatic heterocycles. The molecule has 0 radical (unpaired) electrons. The van der Waals surface area contributed by atoms with Gasteiger partial charge in [-0.05, 0) is 50.6 Å². The highest BCUT2D eigenvalue weighted by molar-refractivity contribution is 5.70. The number of rotatable bonds is 8. The van der Waals surface area contributed by atoms with E-state index in [2.05, 4.69) is 17.9 Å². The molecule has 0 amide bonds. The van der Waals surface area contributed by atoms with Gasteiger partial charge in [-0.1, -0.05) is 19.8 Å². The summed E-state index contributed by atoms with van der Waals surface area (Å²) in [6.45, 7) is 3.81. The maximum absolute atomic E-state index is 11.2. The first-order valence-corrected chi connectivity index (χ1v) is 8.79. The molecule has 5 heteroatoms. The number of carbonyl (C=O) groups is 1. The van der Waals surface area contributed by atoms with E-state index in [1.165, 1.54) is 0 Å². The maximum atomic E-state index is 11.2. The summed E-state index contributed by atoms with van der Waals surface area (Å²) in [6.07, 6.45) is 4.73. The first-order chi connectivity index (χ1) is 11.6. The van der Waals surface area contributed by atoms with Gasteiger partial charge in [0, 0.05) is 11.6 Å². The molecule has 24 heavy (non-hydrogen) atoms. The van der Waals surface area contributed by atoms with E-state index in [4.69, 9.17) is 9.47 Å². The van der Waals surface area contributed by atoms with E-state index >= 15 is 0 Å². The highest BCUT2D eigenvalue weighted by Gasteiger charge is 2.30. The van der Waals surface area contributed by atoms with Crippen LogP contribution < -0.4 is 9.47 Å². The van der Waals surface area contributed by atoms with Gasteiger partial charge in [0.1, 0.15) is 11.5 Å². The van der Waals surface area contributed by atoms with Crippen LogP contribution in [0.1, 0.15) is 50.6 Å². The number of aliphatic carboxylic acids is 1. The molecule has 1 aromatic rings. The molecule has 0 spiro atoms. The number of piperidine rings is 1. The maximum Gasteiger partial charge on any atom is 0.306 e. The Morgan fingerprint density at radius 1 is 1.29 bits per heavy atom. The molecule has 1 unspecified atom stereocenters. The zero-order valence-corrected chi connectivity index (χ0v) is 15.0. The fraction of sp³-hybridized carbons (Fsp3) is 0.632. The van der Waals surface area contributed by atoms with Crippen molar-refractivity contribution >= 4 is 5.97 Å². The quantitative estimate of drug-likeness (QED) is 0.784. The summed E-state index contributed by atoms with van der Waals surface area (Å²) in [5, 5.41) is 9.22. The molecule has 1 saturated heterocycles. The molecule has 2 rings (SSSR count). The highest BCUT2D eigenvalue weighted by Crippen LogP contribution is 2.37. The number of nitrogens with zero attached hydrogens (tertiary/aromatic N) is 1. The topological polar surface area (TPSA) is 59.0 Å². The zero-order valence-electron chi connectivity index (χ0n) is 15.0. The van der Waals surface area contributed by atoms with E-state index < -0.39 is 5.97 Å². The van der Waals surface area contributed by atoms with Gasteiger partial charge >= 0.3 is 5.97 Å². The van der Waals surface area contributed by atoms with Crippen LogP contribution >= 0.6 is 0 Å². The van der Waals surface area contributed by atoms with Gasteiger partial charge in [-0.25, -0.2) is 0 Å². The van der Waals surface area contributed by atoms with Crippen LogP contribution in [0, 0.1) is 5.92 Å². The Balaban J connectivity index is 2.24. The summed E-state index contributed by atoms with van der Waals surface area (Å²) in [5.41, 5.74) is 1.14. The van der Waals surface area contributed by atoms with Crippen LogP contribution in [-0.4, -0.2) is 43.3 Å². The van der Waals surface area contributed by atoms with Gasteiger partial charge in [-0.2, -0.15) is 0 Å². The number of likely N-dealkylation sites (tertiary alicyclic amines) is 1. The molecular weight excluding hydrogens is 306 g/mol. The third-order valence-corrected chi connectivity index (χ3v) is 4.95. The van der Waals surface area contributed by atoms with Gasteiger partial charge in [0.2, 0.25) is 0 Å². The largest absolute Gasteiger partial charge is 0.497 e. The molecule has 1 fully saturated rings. The molecule has 0 aliphatic carbocycles. The van der Waals surface area contributed by atoms with Gasteiger partial charge in [0.05, 0.1) is 20.1 Å². The van der Waals surface area contributed by atoms with Crippen LogP contribution in [0.5, 0.6) is 11.5 Å². The van der Waals surface area contributed by atoms with Crippen LogP contribution in [0.3, 0.4) is 0 Å². The number of ether oxygens (including phenoxy) is 2. The Hall–Kier alpha value is -1.75. The molecule has 1 N–H and O–H groups in total. The minimum Gasteiger partial charge on any atom is -0.497 e. The van der Waals surface area contributed by atoms with Crippen molar-refractivity contribution in [3.8, 4) is 11.5 Å². The van der Waals surface area contributed by atoms with Gasteiger partial charge in [0.25, 0.3) is 0 Å². The summed E-state index contributed by atoms with van der Waals surface area (Å²) < 4.78 is 11.0. The molecule has 1 atom stereocenters. The Morgan fingerprint density at radius 3 is 2.54 bits per heavy atom. The Bertz CT molecular complexity index is 538. The minimum atomic E-state index is -0.668. The second-order valence-electron chi connectivity index (χ2n) is 6.41. The first kappa shape index (κ1) is 18.6. The number of benzene rings is 1. The predicted molar refractivity (Wildman–Crippen MR) is 93.7 cm³/mol. The van der Waals surface area contributed by atoms with E-state index in [9.17, 15) is 9.90 Å². The molecule has 0 bridgehead atoms. The highest BCUT2D eigenvalue weighted by atomic mass is 16.5. The Kier molecular flexibility index (Phi) is 6.91. The molecular formula is C19H29NO4. The van der Waals surface area contributed by atoms with E-state index in [1.54, 1.807) is 14.2 Å². The van der Waals surface area contributed by atoms with Crippen molar-refractivity contribution in [3.63, 3.8) is 0 Å². The Labute approximate surface area is 144 Å². The first-order valence-electron chi connectivity index (χ1n) is 8.79. The molecule has 1 aliphatic heterocycles. The van der Waals surface area contributed by atoms with Crippen molar-refractivity contribution in [1.29, 1.82) is 0 Å². The predicted octanol–water partition coefficient (Wildman–Crippen LogP) is 3.73.